The average Bonchev–Trinajstić information content (AvgIpc) is 2.68. The quantitative estimate of drug-likeness (QED) is 0.822. The van der Waals surface area contributed by atoms with E-state index in [1.807, 2.05) is 31.2 Å². The van der Waals surface area contributed by atoms with E-state index in [0.29, 0.717) is 49.3 Å². The second-order valence-corrected chi connectivity index (χ2v) is 6.77. The molecular formula is C20H23ClN2O3. The Morgan fingerprint density at radius 3 is 2.69 bits per heavy atom. The molecule has 1 aliphatic heterocycles. The molecule has 2 aromatic rings. The molecule has 0 radical (unpaired) electrons. The van der Waals surface area contributed by atoms with Gasteiger partial charge in [-0.3, -0.25) is 4.79 Å². The van der Waals surface area contributed by atoms with Crippen molar-refractivity contribution in [3.8, 4) is 5.88 Å². The number of carbonyl (C=O) groups excluding carboxylic acids is 1. The number of nitrogens with zero attached hydrogens (tertiary/aromatic N) is 1. The fourth-order valence-corrected chi connectivity index (χ4v) is 3.50. The lowest BCUT2D eigenvalue weighted by molar-refractivity contribution is -0.125. The van der Waals surface area contributed by atoms with E-state index in [0.717, 1.165) is 12.0 Å². The number of hydrogen-bond donors (Lipinski definition) is 1. The van der Waals surface area contributed by atoms with Crippen molar-refractivity contribution in [2.24, 2.45) is 0 Å². The van der Waals surface area contributed by atoms with Gasteiger partial charge in [-0.05, 0) is 37.0 Å². The molecule has 1 N–H and O–H groups in total. The highest BCUT2D eigenvalue weighted by atomic mass is 35.5. The zero-order chi connectivity index (χ0) is 18.4. The Bertz CT molecular complexity index is 743. The molecule has 0 bridgehead atoms. The molecular weight excluding hydrogens is 352 g/mol. The van der Waals surface area contributed by atoms with E-state index < -0.39 is 5.41 Å². The van der Waals surface area contributed by atoms with Gasteiger partial charge in [-0.25, -0.2) is 4.98 Å². The normalized spacial score (nSPS) is 16.1. The van der Waals surface area contributed by atoms with E-state index in [-0.39, 0.29) is 5.91 Å². The van der Waals surface area contributed by atoms with Gasteiger partial charge < -0.3 is 14.8 Å². The Balaban J connectivity index is 1.81. The summed E-state index contributed by atoms with van der Waals surface area (Å²) in [6.07, 6.45) is 3.71. The van der Waals surface area contributed by atoms with Crippen molar-refractivity contribution < 1.29 is 14.3 Å². The van der Waals surface area contributed by atoms with Gasteiger partial charge in [0.25, 0.3) is 0 Å². The predicted octanol–water partition coefficient (Wildman–Crippen LogP) is 4.21. The van der Waals surface area contributed by atoms with Gasteiger partial charge >= 0.3 is 0 Å². The summed E-state index contributed by atoms with van der Waals surface area (Å²) < 4.78 is 11.0. The number of aromatic nitrogens is 1. The monoisotopic (exact) mass is 374 g/mol. The molecule has 138 valence electrons. The van der Waals surface area contributed by atoms with Crippen LogP contribution in [0.5, 0.6) is 5.88 Å². The average molecular weight is 375 g/mol. The maximum Gasteiger partial charge on any atom is 0.235 e. The van der Waals surface area contributed by atoms with Gasteiger partial charge in [0.05, 0.1) is 23.9 Å². The van der Waals surface area contributed by atoms with E-state index >= 15 is 0 Å². The number of nitrogens with one attached hydrogen (secondary N) is 1. The zero-order valence-corrected chi connectivity index (χ0v) is 15.6. The van der Waals surface area contributed by atoms with Crippen LogP contribution in [-0.2, 0) is 14.9 Å². The molecule has 1 aromatic carbocycles. The van der Waals surface area contributed by atoms with Crippen LogP contribution in [-0.4, -0.2) is 30.7 Å². The second kappa shape index (κ2) is 8.52. The topological polar surface area (TPSA) is 60.5 Å². The molecule has 0 saturated carbocycles. The molecule has 3 rings (SSSR count). The third kappa shape index (κ3) is 4.00. The first-order valence-electron chi connectivity index (χ1n) is 8.89. The first-order chi connectivity index (χ1) is 12.7. The van der Waals surface area contributed by atoms with Crippen molar-refractivity contribution in [2.75, 3.05) is 25.1 Å². The first kappa shape index (κ1) is 18.7. The summed E-state index contributed by atoms with van der Waals surface area (Å²) in [5.41, 5.74) is 0.781. The number of amides is 1. The minimum atomic E-state index is -0.700. The van der Waals surface area contributed by atoms with Crippen LogP contribution in [0.3, 0.4) is 0 Å². The Kier molecular flexibility index (Phi) is 6.12. The van der Waals surface area contributed by atoms with Crippen LogP contribution in [0.2, 0.25) is 5.02 Å². The summed E-state index contributed by atoms with van der Waals surface area (Å²) in [6.45, 7) is 3.71. The van der Waals surface area contributed by atoms with Gasteiger partial charge in [0.1, 0.15) is 0 Å². The third-order valence-corrected chi connectivity index (χ3v) is 4.95. The zero-order valence-electron chi connectivity index (χ0n) is 14.8. The second-order valence-electron chi connectivity index (χ2n) is 6.36. The molecule has 1 fully saturated rings. The van der Waals surface area contributed by atoms with Crippen LogP contribution >= 0.6 is 11.6 Å². The molecule has 2 heterocycles. The van der Waals surface area contributed by atoms with Crippen molar-refractivity contribution >= 4 is 23.2 Å². The smallest absolute Gasteiger partial charge is 0.235 e. The van der Waals surface area contributed by atoms with Gasteiger partial charge in [-0.1, -0.05) is 36.7 Å². The fourth-order valence-electron chi connectivity index (χ4n) is 3.18. The number of anilines is 1. The lowest BCUT2D eigenvalue weighted by Gasteiger charge is -2.36. The number of carbonyl (C=O) groups is 1. The van der Waals surface area contributed by atoms with Crippen LogP contribution < -0.4 is 10.1 Å². The van der Waals surface area contributed by atoms with Gasteiger partial charge in [-0.15, -0.1) is 0 Å². The molecule has 0 atom stereocenters. The van der Waals surface area contributed by atoms with Gasteiger partial charge in [-0.2, -0.15) is 0 Å². The van der Waals surface area contributed by atoms with Crippen LogP contribution in [0.1, 0.15) is 31.7 Å². The van der Waals surface area contributed by atoms with E-state index in [1.54, 1.807) is 18.3 Å². The molecule has 26 heavy (non-hydrogen) atoms. The molecule has 1 amide bonds. The maximum atomic E-state index is 13.2. The molecule has 6 heteroatoms. The molecule has 0 spiro atoms. The summed E-state index contributed by atoms with van der Waals surface area (Å²) in [7, 11) is 0. The molecule has 1 aromatic heterocycles. The Morgan fingerprint density at radius 1 is 1.27 bits per heavy atom. The molecule has 0 unspecified atom stereocenters. The minimum absolute atomic E-state index is 0.0853. The van der Waals surface area contributed by atoms with Crippen LogP contribution in [0.25, 0.3) is 0 Å². The summed E-state index contributed by atoms with van der Waals surface area (Å²) in [4.78, 5) is 17.5. The van der Waals surface area contributed by atoms with Crippen LogP contribution in [0.4, 0.5) is 5.69 Å². The molecule has 1 aliphatic rings. The lowest BCUT2D eigenvalue weighted by atomic mass is 9.73. The maximum absolute atomic E-state index is 13.2. The van der Waals surface area contributed by atoms with Gasteiger partial charge in [0.15, 0.2) is 0 Å². The summed E-state index contributed by atoms with van der Waals surface area (Å²) in [5, 5.41) is 3.59. The highest BCUT2D eigenvalue weighted by Gasteiger charge is 2.43. The molecule has 1 saturated heterocycles. The SMILES string of the molecule is CCCOc1ccc(NC(=O)C2(c3ccccc3Cl)CCOCC2)cn1. The number of halogens is 1. The minimum Gasteiger partial charge on any atom is -0.478 e. The summed E-state index contributed by atoms with van der Waals surface area (Å²) in [6, 6.07) is 11.1. The van der Waals surface area contributed by atoms with Crippen molar-refractivity contribution in [3.05, 3.63) is 53.2 Å². The predicted molar refractivity (Wildman–Crippen MR) is 102 cm³/mol. The molecule has 5 nitrogen and oxygen atoms in total. The fraction of sp³-hybridized carbons (Fsp3) is 0.400. The van der Waals surface area contributed by atoms with Crippen LogP contribution in [0.15, 0.2) is 42.6 Å². The molecule has 0 aliphatic carbocycles. The standard InChI is InChI=1S/C20H23ClN2O3/c1-2-11-26-18-8-7-15(14-22-18)23-19(24)20(9-12-25-13-10-20)16-5-3-4-6-17(16)21/h3-8,14H,2,9-13H2,1H3,(H,23,24). The van der Waals surface area contributed by atoms with E-state index in [4.69, 9.17) is 21.1 Å². The number of ether oxygens (including phenoxy) is 2. The van der Waals surface area contributed by atoms with Crippen molar-refractivity contribution in [3.63, 3.8) is 0 Å². The summed E-state index contributed by atoms with van der Waals surface area (Å²) >= 11 is 6.41. The third-order valence-electron chi connectivity index (χ3n) is 4.62. The number of hydrogen-bond acceptors (Lipinski definition) is 4. The van der Waals surface area contributed by atoms with Crippen LogP contribution in [0, 0.1) is 0 Å². The van der Waals surface area contributed by atoms with Crippen molar-refractivity contribution in [1.82, 2.24) is 4.98 Å². The highest BCUT2D eigenvalue weighted by molar-refractivity contribution is 6.31. The lowest BCUT2D eigenvalue weighted by Crippen LogP contribution is -2.45. The van der Waals surface area contributed by atoms with E-state index in [2.05, 4.69) is 10.3 Å². The van der Waals surface area contributed by atoms with Gasteiger partial charge in [0.2, 0.25) is 11.8 Å². The largest absolute Gasteiger partial charge is 0.478 e. The first-order valence-corrected chi connectivity index (χ1v) is 9.26. The Labute approximate surface area is 158 Å². The number of pyridine rings is 1. The number of benzene rings is 1. The number of rotatable bonds is 6. The van der Waals surface area contributed by atoms with Crippen molar-refractivity contribution in [1.29, 1.82) is 0 Å². The Morgan fingerprint density at radius 2 is 2.04 bits per heavy atom. The van der Waals surface area contributed by atoms with E-state index in [1.165, 1.54) is 0 Å². The van der Waals surface area contributed by atoms with Crippen molar-refractivity contribution in [2.45, 2.75) is 31.6 Å². The summed E-state index contributed by atoms with van der Waals surface area (Å²) in [5.74, 6) is 0.467. The van der Waals surface area contributed by atoms with Gasteiger partial charge in [0, 0.05) is 24.3 Å². The van der Waals surface area contributed by atoms with E-state index in [9.17, 15) is 4.79 Å². The highest BCUT2D eigenvalue weighted by Crippen LogP contribution is 2.39. The Hall–Kier alpha value is -2.11.